The summed E-state index contributed by atoms with van der Waals surface area (Å²) in [6.07, 6.45) is 0.368. The number of imidazole rings is 1. The smallest absolute Gasteiger partial charge is 0.227 e. The third-order valence-corrected chi connectivity index (χ3v) is 4.37. The lowest BCUT2D eigenvalue weighted by atomic mass is 10.1. The second kappa shape index (κ2) is 7.38. The Kier molecular flexibility index (Phi) is 5.03. The van der Waals surface area contributed by atoms with Crippen LogP contribution in [0.4, 0.5) is 0 Å². The van der Waals surface area contributed by atoms with E-state index in [-0.39, 0.29) is 5.91 Å². The number of hydrogen-bond donors (Lipinski definition) is 0. The summed E-state index contributed by atoms with van der Waals surface area (Å²) in [5.41, 5.74) is 3.05. The van der Waals surface area contributed by atoms with Crippen LogP contribution in [0.2, 0.25) is 0 Å². The molecule has 0 radical (unpaired) electrons. The van der Waals surface area contributed by atoms with Gasteiger partial charge in [0, 0.05) is 13.6 Å². The Hall–Kier alpha value is -2.82. The molecule has 1 amide bonds. The van der Waals surface area contributed by atoms with Gasteiger partial charge >= 0.3 is 0 Å². The Bertz CT molecular complexity index is 868. The molecule has 0 atom stereocenters. The molecule has 3 rings (SSSR count). The van der Waals surface area contributed by atoms with Gasteiger partial charge in [0.05, 0.1) is 31.1 Å². The highest BCUT2D eigenvalue weighted by Crippen LogP contribution is 2.17. The molecule has 3 aromatic rings. The number of carbonyl (C=O) groups excluding carboxylic acids is 1. The van der Waals surface area contributed by atoms with Crippen molar-refractivity contribution in [3.05, 3.63) is 59.9 Å². The van der Waals surface area contributed by atoms with Gasteiger partial charge in [0.1, 0.15) is 11.6 Å². The number of aromatic nitrogens is 2. The van der Waals surface area contributed by atoms with E-state index in [2.05, 4.69) is 22.5 Å². The van der Waals surface area contributed by atoms with Crippen molar-refractivity contribution in [3.63, 3.8) is 0 Å². The number of ether oxygens (including phenoxy) is 1. The summed E-state index contributed by atoms with van der Waals surface area (Å²) >= 11 is 0. The van der Waals surface area contributed by atoms with Gasteiger partial charge in [-0.2, -0.15) is 0 Å². The largest absolute Gasteiger partial charge is 0.497 e. The van der Waals surface area contributed by atoms with E-state index in [9.17, 15) is 4.79 Å². The summed E-state index contributed by atoms with van der Waals surface area (Å²) in [5, 5.41) is 0. The van der Waals surface area contributed by atoms with E-state index < -0.39 is 0 Å². The molecule has 0 N–H and O–H groups in total. The molecule has 1 aromatic heterocycles. The summed E-state index contributed by atoms with van der Waals surface area (Å²) in [6.45, 7) is 3.42. The van der Waals surface area contributed by atoms with E-state index in [4.69, 9.17) is 4.74 Å². The molecule has 25 heavy (non-hydrogen) atoms. The van der Waals surface area contributed by atoms with Crippen LogP contribution in [0.25, 0.3) is 11.0 Å². The molecule has 0 spiro atoms. The number of carbonyl (C=O) groups is 1. The number of methoxy groups -OCH3 is 1. The Morgan fingerprint density at radius 2 is 1.88 bits per heavy atom. The maximum atomic E-state index is 12.5. The normalized spacial score (nSPS) is 10.8. The first-order valence-corrected chi connectivity index (χ1v) is 8.43. The second-order valence-electron chi connectivity index (χ2n) is 6.04. The van der Waals surface area contributed by atoms with Crippen molar-refractivity contribution in [2.75, 3.05) is 14.2 Å². The van der Waals surface area contributed by atoms with E-state index in [1.165, 1.54) is 0 Å². The molecule has 0 saturated carbocycles. The van der Waals surface area contributed by atoms with Crippen LogP contribution in [0.15, 0.2) is 48.5 Å². The van der Waals surface area contributed by atoms with Crippen LogP contribution in [0.5, 0.6) is 5.75 Å². The lowest BCUT2D eigenvalue weighted by molar-refractivity contribution is -0.129. The molecule has 5 heteroatoms. The monoisotopic (exact) mass is 337 g/mol. The third-order valence-electron chi connectivity index (χ3n) is 4.37. The van der Waals surface area contributed by atoms with Crippen LogP contribution in [-0.2, 0) is 24.3 Å². The minimum Gasteiger partial charge on any atom is -0.497 e. The highest BCUT2D eigenvalue weighted by Gasteiger charge is 2.15. The third kappa shape index (κ3) is 3.65. The molecule has 0 aliphatic heterocycles. The van der Waals surface area contributed by atoms with Gasteiger partial charge in [0.2, 0.25) is 5.91 Å². The summed E-state index contributed by atoms with van der Waals surface area (Å²) in [4.78, 5) is 19.0. The average molecular weight is 337 g/mol. The van der Waals surface area contributed by atoms with Crippen molar-refractivity contribution in [3.8, 4) is 5.75 Å². The fourth-order valence-electron chi connectivity index (χ4n) is 2.95. The standard InChI is InChI=1S/C20H23N3O2/c1-4-23-18-8-6-5-7-17(18)21-19(23)14-22(2)20(24)13-15-9-11-16(25-3)12-10-15/h5-12H,4,13-14H2,1-3H3. The Balaban J connectivity index is 1.72. The summed E-state index contributed by atoms with van der Waals surface area (Å²) in [6, 6.07) is 15.7. The molecule has 2 aromatic carbocycles. The maximum absolute atomic E-state index is 12.5. The molecule has 130 valence electrons. The molecule has 0 fully saturated rings. The fourth-order valence-corrected chi connectivity index (χ4v) is 2.95. The Morgan fingerprint density at radius 3 is 2.56 bits per heavy atom. The van der Waals surface area contributed by atoms with Crippen molar-refractivity contribution in [1.82, 2.24) is 14.5 Å². The van der Waals surface area contributed by atoms with Gasteiger partial charge in [-0.05, 0) is 36.8 Å². The van der Waals surface area contributed by atoms with Crippen LogP contribution < -0.4 is 4.74 Å². The molecular formula is C20H23N3O2. The zero-order valence-electron chi connectivity index (χ0n) is 14.9. The lowest BCUT2D eigenvalue weighted by Crippen LogP contribution is -2.29. The van der Waals surface area contributed by atoms with Crippen molar-refractivity contribution >= 4 is 16.9 Å². The van der Waals surface area contributed by atoms with Crippen molar-refractivity contribution in [2.45, 2.75) is 26.4 Å². The molecule has 1 heterocycles. The summed E-state index contributed by atoms with van der Waals surface area (Å²) in [7, 11) is 3.46. The quantitative estimate of drug-likeness (QED) is 0.693. The number of rotatable bonds is 6. The van der Waals surface area contributed by atoms with E-state index in [1.54, 1.807) is 12.0 Å². The number of likely N-dealkylation sites (N-methyl/N-ethyl adjacent to an activating group) is 1. The van der Waals surface area contributed by atoms with Crippen LogP contribution in [0, 0.1) is 0 Å². The number of aryl methyl sites for hydroxylation is 1. The predicted molar refractivity (Wildman–Crippen MR) is 98.6 cm³/mol. The van der Waals surface area contributed by atoms with Gasteiger partial charge in [-0.1, -0.05) is 24.3 Å². The van der Waals surface area contributed by atoms with E-state index in [0.717, 1.165) is 34.7 Å². The van der Waals surface area contributed by atoms with Gasteiger partial charge in [-0.25, -0.2) is 4.98 Å². The lowest BCUT2D eigenvalue weighted by Gasteiger charge is -2.17. The van der Waals surface area contributed by atoms with Crippen LogP contribution >= 0.6 is 0 Å². The topological polar surface area (TPSA) is 47.4 Å². The maximum Gasteiger partial charge on any atom is 0.227 e. The Morgan fingerprint density at radius 1 is 1.16 bits per heavy atom. The number of para-hydroxylation sites is 2. The van der Waals surface area contributed by atoms with Gasteiger partial charge in [0.25, 0.3) is 0 Å². The second-order valence-corrected chi connectivity index (χ2v) is 6.04. The zero-order chi connectivity index (χ0) is 17.8. The van der Waals surface area contributed by atoms with Crippen molar-refractivity contribution in [2.24, 2.45) is 0 Å². The minimum atomic E-state index is 0.0693. The molecule has 0 saturated heterocycles. The fraction of sp³-hybridized carbons (Fsp3) is 0.300. The van der Waals surface area contributed by atoms with E-state index in [0.29, 0.717) is 13.0 Å². The Labute approximate surface area is 147 Å². The number of amides is 1. The van der Waals surface area contributed by atoms with Crippen molar-refractivity contribution in [1.29, 1.82) is 0 Å². The molecule has 0 unspecified atom stereocenters. The average Bonchev–Trinajstić information content (AvgIpc) is 2.99. The first-order valence-electron chi connectivity index (χ1n) is 8.43. The number of nitrogens with zero attached hydrogens (tertiary/aromatic N) is 3. The van der Waals surface area contributed by atoms with Crippen molar-refractivity contribution < 1.29 is 9.53 Å². The highest BCUT2D eigenvalue weighted by molar-refractivity contribution is 5.79. The van der Waals surface area contributed by atoms with Gasteiger partial charge in [-0.15, -0.1) is 0 Å². The predicted octanol–water partition coefficient (Wildman–Crippen LogP) is 3.27. The zero-order valence-corrected chi connectivity index (χ0v) is 14.9. The van der Waals surface area contributed by atoms with E-state index >= 15 is 0 Å². The summed E-state index contributed by atoms with van der Waals surface area (Å²) in [5.74, 6) is 1.77. The number of hydrogen-bond acceptors (Lipinski definition) is 3. The SMILES string of the molecule is CCn1c(CN(C)C(=O)Cc2ccc(OC)cc2)nc2ccccc21. The van der Waals surface area contributed by atoms with Crippen LogP contribution in [0.3, 0.4) is 0 Å². The van der Waals surface area contributed by atoms with E-state index in [1.807, 2.05) is 49.5 Å². The molecule has 0 aliphatic rings. The van der Waals surface area contributed by atoms with Gasteiger partial charge in [0.15, 0.2) is 0 Å². The molecular weight excluding hydrogens is 314 g/mol. The van der Waals surface area contributed by atoms with Gasteiger partial charge < -0.3 is 14.2 Å². The first kappa shape index (κ1) is 17.0. The number of fused-ring (bicyclic) bond motifs is 1. The highest BCUT2D eigenvalue weighted by atomic mass is 16.5. The van der Waals surface area contributed by atoms with Crippen LogP contribution in [0.1, 0.15) is 18.3 Å². The first-order chi connectivity index (χ1) is 12.1. The molecule has 0 aliphatic carbocycles. The molecule has 5 nitrogen and oxygen atoms in total. The number of benzene rings is 2. The van der Waals surface area contributed by atoms with Gasteiger partial charge in [-0.3, -0.25) is 4.79 Å². The molecule has 0 bridgehead atoms. The van der Waals surface area contributed by atoms with Crippen LogP contribution in [-0.4, -0.2) is 34.5 Å². The summed E-state index contributed by atoms with van der Waals surface area (Å²) < 4.78 is 7.31. The minimum absolute atomic E-state index is 0.0693.